The Labute approximate surface area is 152 Å². The minimum Gasteiger partial charge on any atom is -0.485 e. The summed E-state index contributed by atoms with van der Waals surface area (Å²) in [6.45, 7) is 5.96. The summed E-state index contributed by atoms with van der Waals surface area (Å²) in [5.41, 5.74) is 0.0662. The van der Waals surface area contributed by atoms with Crippen molar-refractivity contribution >= 4 is 11.7 Å². The standard InChI is InChI=1S/C18H25F2N3O3/c1-11(2)26-17-13(19)8-12(9-14(17)20)21-18(24)23-5-4-16-15(10-23)22(3)6-7-25-16/h8-9,11,15-16H,4-7,10H2,1-3H3,(H,21,24). The van der Waals surface area contributed by atoms with Gasteiger partial charge in [0.15, 0.2) is 17.4 Å². The van der Waals surface area contributed by atoms with Gasteiger partial charge in [0.2, 0.25) is 0 Å². The fourth-order valence-electron chi connectivity index (χ4n) is 3.41. The molecule has 2 heterocycles. The number of carbonyl (C=O) groups is 1. The van der Waals surface area contributed by atoms with Crippen LogP contribution in [0.1, 0.15) is 20.3 Å². The van der Waals surface area contributed by atoms with Crippen LogP contribution >= 0.6 is 0 Å². The van der Waals surface area contributed by atoms with Crippen LogP contribution in [0.15, 0.2) is 12.1 Å². The second kappa shape index (κ2) is 7.75. The maximum atomic E-state index is 14.1. The van der Waals surface area contributed by atoms with E-state index in [1.807, 2.05) is 7.05 Å². The molecule has 2 unspecified atom stereocenters. The van der Waals surface area contributed by atoms with Gasteiger partial charge in [-0.25, -0.2) is 13.6 Å². The number of ether oxygens (including phenoxy) is 2. The molecule has 2 amide bonds. The Bertz CT molecular complexity index is 648. The lowest BCUT2D eigenvalue weighted by atomic mass is 9.99. The van der Waals surface area contributed by atoms with Gasteiger partial charge in [0.25, 0.3) is 0 Å². The Kier molecular flexibility index (Phi) is 5.62. The van der Waals surface area contributed by atoms with Gasteiger partial charge in [-0.15, -0.1) is 0 Å². The predicted molar refractivity (Wildman–Crippen MR) is 93.5 cm³/mol. The number of likely N-dealkylation sites (N-methyl/N-ethyl adjacent to an activating group) is 1. The molecule has 3 rings (SSSR count). The van der Waals surface area contributed by atoms with Crippen LogP contribution < -0.4 is 10.1 Å². The smallest absolute Gasteiger partial charge is 0.321 e. The second-order valence-corrected chi connectivity index (χ2v) is 7.06. The van der Waals surface area contributed by atoms with Gasteiger partial charge in [0, 0.05) is 37.5 Å². The fourth-order valence-corrected chi connectivity index (χ4v) is 3.41. The number of nitrogens with zero attached hydrogens (tertiary/aromatic N) is 2. The minimum atomic E-state index is -0.840. The lowest BCUT2D eigenvalue weighted by Crippen LogP contribution is -2.60. The average molecular weight is 369 g/mol. The van der Waals surface area contributed by atoms with E-state index in [1.54, 1.807) is 18.7 Å². The van der Waals surface area contributed by atoms with E-state index in [9.17, 15) is 13.6 Å². The van der Waals surface area contributed by atoms with Gasteiger partial charge in [-0.2, -0.15) is 0 Å². The van der Waals surface area contributed by atoms with Crippen molar-refractivity contribution < 1.29 is 23.0 Å². The number of carbonyl (C=O) groups excluding carboxylic acids is 1. The predicted octanol–water partition coefficient (Wildman–Crippen LogP) is 2.69. The molecule has 0 saturated carbocycles. The van der Waals surface area contributed by atoms with E-state index in [-0.39, 0.29) is 30.0 Å². The van der Waals surface area contributed by atoms with Crippen LogP contribution in [0.25, 0.3) is 0 Å². The first kappa shape index (κ1) is 18.8. The number of piperidine rings is 1. The molecule has 0 spiro atoms. The molecule has 1 aromatic carbocycles. The van der Waals surface area contributed by atoms with Crippen molar-refractivity contribution in [3.63, 3.8) is 0 Å². The normalized spacial score (nSPS) is 23.7. The van der Waals surface area contributed by atoms with Gasteiger partial charge >= 0.3 is 6.03 Å². The van der Waals surface area contributed by atoms with Gasteiger partial charge in [0.05, 0.1) is 24.9 Å². The highest BCUT2D eigenvalue weighted by Gasteiger charge is 2.37. The van der Waals surface area contributed by atoms with Crippen molar-refractivity contribution in [2.24, 2.45) is 0 Å². The summed E-state index contributed by atoms with van der Waals surface area (Å²) in [5, 5.41) is 2.58. The molecule has 0 bridgehead atoms. The number of hydrogen-bond acceptors (Lipinski definition) is 4. The first-order chi connectivity index (χ1) is 12.3. The number of fused-ring (bicyclic) bond motifs is 1. The average Bonchev–Trinajstić information content (AvgIpc) is 2.58. The van der Waals surface area contributed by atoms with E-state index < -0.39 is 17.4 Å². The Morgan fingerprint density at radius 3 is 2.65 bits per heavy atom. The zero-order valence-electron chi connectivity index (χ0n) is 15.3. The summed E-state index contributed by atoms with van der Waals surface area (Å²) in [5.74, 6) is -2.11. The van der Waals surface area contributed by atoms with Crippen molar-refractivity contribution in [1.29, 1.82) is 0 Å². The monoisotopic (exact) mass is 369 g/mol. The van der Waals surface area contributed by atoms with Crippen LogP contribution in [-0.2, 0) is 4.74 Å². The molecular formula is C18H25F2N3O3. The number of rotatable bonds is 3. The molecule has 8 heteroatoms. The molecule has 26 heavy (non-hydrogen) atoms. The van der Waals surface area contributed by atoms with E-state index in [0.29, 0.717) is 19.7 Å². The Balaban J connectivity index is 1.66. The van der Waals surface area contributed by atoms with E-state index >= 15 is 0 Å². The van der Waals surface area contributed by atoms with Crippen molar-refractivity contribution in [1.82, 2.24) is 9.80 Å². The third-order valence-corrected chi connectivity index (χ3v) is 4.75. The number of hydrogen-bond donors (Lipinski definition) is 1. The summed E-state index contributed by atoms with van der Waals surface area (Å²) >= 11 is 0. The topological polar surface area (TPSA) is 54.0 Å². The molecule has 2 atom stereocenters. The molecular weight excluding hydrogens is 344 g/mol. The maximum absolute atomic E-state index is 14.1. The minimum absolute atomic E-state index is 0.0662. The Morgan fingerprint density at radius 2 is 2.00 bits per heavy atom. The van der Waals surface area contributed by atoms with Crippen LogP contribution in [0.5, 0.6) is 5.75 Å². The SMILES string of the molecule is CC(C)Oc1c(F)cc(NC(=O)N2CCC3OCCN(C)C3C2)cc1F. The van der Waals surface area contributed by atoms with Crippen molar-refractivity contribution in [3.8, 4) is 5.75 Å². The quantitative estimate of drug-likeness (QED) is 0.890. The van der Waals surface area contributed by atoms with Gasteiger partial charge in [-0.3, -0.25) is 4.90 Å². The molecule has 2 aliphatic rings. The lowest BCUT2D eigenvalue weighted by molar-refractivity contribution is -0.0875. The van der Waals surface area contributed by atoms with E-state index in [2.05, 4.69) is 10.2 Å². The van der Waals surface area contributed by atoms with Crippen LogP contribution in [0.4, 0.5) is 19.3 Å². The highest BCUT2D eigenvalue weighted by Crippen LogP contribution is 2.27. The largest absolute Gasteiger partial charge is 0.485 e. The molecule has 6 nitrogen and oxygen atoms in total. The fraction of sp³-hybridized carbons (Fsp3) is 0.611. The van der Waals surface area contributed by atoms with E-state index in [1.165, 1.54) is 0 Å². The molecule has 2 aliphatic heterocycles. The lowest BCUT2D eigenvalue weighted by Gasteiger charge is -2.45. The Morgan fingerprint density at radius 1 is 1.31 bits per heavy atom. The van der Waals surface area contributed by atoms with Gasteiger partial charge in [-0.05, 0) is 27.3 Å². The Hall–Kier alpha value is -1.93. The zero-order chi connectivity index (χ0) is 18.8. The van der Waals surface area contributed by atoms with Crippen LogP contribution in [0, 0.1) is 11.6 Å². The van der Waals surface area contributed by atoms with Crippen molar-refractivity contribution in [2.45, 2.75) is 38.5 Å². The number of benzene rings is 1. The summed E-state index contributed by atoms with van der Waals surface area (Å²) < 4.78 is 39.1. The zero-order valence-corrected chi connectivity index (χ0v) is 15.3. The summed E-state index contributed by atoms with van der Waals surface area (Å²) in [6, 6.07) is 1.90. The van der Waals surface area contributed by atoms with Gasteiger partial charge < -0.3 is 19.7 Å². The van der Waals surface area contributed by atoms with E-state index in [4.69, 9.17) is 9.47 Å². The summed E-state index contributed by atoms with van der Waals surface area (Å²) in [7, 11) is 2.01. The third kappa shape index (κ3) is 4.07. The molecule has 144 valence electrons. The van der Waals surface area contributed by atoms with E-state index in [0.717, 1.165) is 25.1 Å². The number of amides is 2. The first-order valence-corrected chi connectivity index (χ1v) is 8.88. The molecule has 0 aliphatic carbocycles. The second-order valence-electron chi connectivity index (χ2n) is 7.06. The molecule has 2 saturated heterocycles. The number of nitrogens with one attached hydrogen (secondary N) is 1. The van der Waals surface area contributed by atoms with Crippen molar-refractivity contribution in [3.05, 3.63) is 23.8 Å². The number of morpholine rings is 1. The van der Waals surface area contributed by atoms with Gasteiger partial charge in [-0.1, -0.05) is 0 Å². The molecule has 1 N–H and O–H groups in total. The molecule has 1 aromatic rings. The maximum Gasteiger partial charge on any atom is 0.321 e. The van der Waals surface area contributed by atoms with Crippen molar-refractivity contribution in [2.75, 3.05) is 38.6 Å². The number of anilines is 1. The summed E-state index contributed by atoms with van der Waals surface area (Å²) in [6.07, 6.45) is 0.516. The number of halogens is 2. The highest BCUT2D eigenvalue weighted by molar-refractivity contribution is 5.89. The molecule has 2 fully saturated rings. The third-order valence-electron chi connectivity index (χ3n) is 4.75. The van der Waals surface area contributed by atoms with Crippen LogP contribution in [0.2, 0.25) is 0 Å². The number of likely N-dealkylation sites (tertiary alicyclic amines) is 1. The van der Waals surface area contributed by atoms with Crippen LogP contribution in [0.3, 0.4) is 0 Å². The summed E-state index contributed by atoms with van der Waals surface area (Å²) in [4.78, 5) is 16.4. The molecule has 0 radical (unpaired) electrons. The number of urea groups is 1. The first-order valence-electron chi connectivity index (χ1n) is 8.88. The molecule has 0 aromatic heterocycles. The van der Waals surface area contributed by atoms with Crippen LogP contribution in [-0.4, -0.2) is 67.4 Å². The van der Waals surface area contributed by atoms with Gasteiger partial charge in [0.1, 0.15) is 0 Å². The highest BCUT2D eigenvalue weighted by atomic mass is 19.1.